The van der Waals surface area contributed by atoms with Crippen LogP contribution in [0.4, 0.5) is 0 Å². The second-order valence-corrected chi connectivity index (χ2v) is 9.38. The van der Waals surface area contributed by atoms with E-state index in [1.165, 1.54) is 51.4 Å². The summed E-state index contributed by atoms with van der Waals surface area (Å²) in [7, 11) is 4.47. The zero-order chi connectivity index (χ0) is 11.7. The third kappa shape index (κ3) is 1.32. The van der Waals surface area contributed by atoms with Crippen LogP contribution in [0.3, 0.4) is 0 Å². The lowest BCUT2D eigenvalue weighted by molar-refractivity contribution is 0.238. The van der Waals surface area contributed by atoms with Crippen molar-refractivity contribution in [2.75, 3.05) is 0 Å². The minimum Gasteiger partial charge on any atom is -0.0483 e. The van der Waals surface area contributed by atoms with Gasteiger partial charge in [0.05, 0.1) is 5.25 Å². The third-order valence-corrected chi connectivity index (χ3v) is 9.40. The Morgan fingerprint density at radius 2 is 1.44 bits per heavy atom. The molecule has 0 radical (unpaired) electrons. The minimum atomic E-state index is 0.931. The largest absolute Gasteiger partial charge is 0.265 e. The first-order valence-electron chi connectivity index (χ1n) is 7.86. The molecule has 4 bridgehead atoms. The van der Waals surface area contributed by atoms with Crippen molar-refractivity contribution in [3.63, 3.8) is 0 Å². The lowest BCUT2D eigenvalue weighted by Crippen LogP contribution is -2.44. The van der Waals surface area contributed by atoms with Crippen LogP contribution in [0.2, 0.25) is 0 Å². The summed E-state index contributed by atoms with van der Waals surface area (Å²) >= 11 is 0. The van der Waals surface area contributed by atoms with E-state index in [0.29, 0.717) is 0 Å². The van der Waals surface area contributed by atoms with Crippen LogP contribution in [0.15, 0.2) is 11.1 Å². The van der Waals surface area contributed by atoms with Crippen molar-refractivity contribution in [2.45, 2.75) is 56.6 Å². The molecule has 0 N–H and O–H groups in total. The molecule has 0 aromatic carbocycles. The maximum atomic E-state index is 2.26. The minimum absolute atomic E-state index is 0.931. The van der Waals surface area contributed by atoms with Gasteiger partial charge < -0.3 is 0 Å². The molecule has 0 spiro atoms. The SMILES string of the molecule is C1CC2CCC1C1=[S+]SC3C(=C12)C1CCC3CC1. The van der Waals surface area contributed by atoms with Crippen molar-refractivity contribution >= 4 is 26.0 Å². The van der Waals surface area contributed by atoms with Crippen molar-refractivity contribution in [3.8, 4) is 0 Å². The molecule has 0 amide bonds. The van der Waals surface area contributed by atoms with Gasteiger partial charge in [0.1, 0.15) is 0 Å². The Morgan fingerprint density at radius 3 is 2.22 bits per heavy atom. The molecule has 6 fully saturated rings. The summed E-state index contributed by atoms with van der Waals surface area (Å²) in [6.07, 6.45) is 12.1. The molecular formula is C16H21S2+. The molecule has 0 saturated heterocycles. The van der Waals surface area contributed by atoms with Gasteiger partial charge in [-0.05, 0) is 74.7 Å². The monoisotopic (exact) mass is 277 g/mol. The first kappa shape index (κ1) is 10.9. The predicted molar refractivity (Wildman–Crippen MR) is 81.7 cm³/mol. The van der Waals surface area contributed by atoms with Gasteiger partial charge in [-0.1, -0.05) is 0 Å². The first-order valence-corrected chi connectivity index (χ1v) is 10.1. The first-order chi connectivity index (χ1) is 8.92. The smallest absolute Gasteiger partial charge is 0.0483 e. The second-order valence-electron chi connectivity index (χ2n) is 6.99. The quantitative estimate of drug-likeness (QED) is 0.363. The van der Waals surface area contributed by atoms with Gasteiger partial charge >= 0.3 is 0 Å². The van der Waals surface area contributed by atoms with Crippen LogP contribution in [-0.2, 0) is 10.4 Å². The molecule has 0 aromatic rings. The maximum Gasteiger partial charge on any atom is 0.265 e. The van der Waals surface area contributed by atoms with Crippen LogP contribution in [0.25, 0.3) is 0 Å². The van der Waals surface area contributed by atoms with E-state index in [9.17, 15) is 0 Å². The standard InChI is InChI=1S/C16H21S2/c1-5-11-6-2-9(1)13-14-10-3-7-12(8-4-10)16(14)18-17-15(11)13/h9-12,15H,1-8H2/q+1. The number of hydrogen-bond donors (Lipinski definition) is 0. The third-order valence-electron chi connectivity index (χ3n) is 6.27. The highest BCUT2D eigenvalue weighted by molar-refractivity contribution is 8.65. The lowest BCUT2D eigenvalue weighted by atomic mass is 9.60. The van der Waals surface area contributed by atoms with Crippen LogP contribution in [0.1, 0.15) is 51.4 Å². The van der Waals surface area contributed by atoms with E-state index >= 15 is 0 Å². The van der Waals surface area contributed by atoms with Crippen molar-refractivity contribution in [1.82, 2.24) is 0 Å². The molecule has 96 valence electrons. The molecule has 6 saturated carbocycles. The molecule has 7 rings (SSSR count). The summed E-state index contributed by atoms with van der Waals surface area (Å²) in [5.74, 6) is 3.99. The van der Waals surface area contributed by atoms with E-state index in [4.69, 9.17) is 0 Å². The predicted octanol–water partition coefficient (Wildman–Crippen LogP) is 4.21. The molecule has 2 heteroatoms. The highest BCUT2D eigenvalue weighted by Gasteiger charge is 2.53. The van der Waals surface area contributed by atoms with Gasteiger partial charge in [-0.3, -0.25) is 0 Å². The Balaban J connectivity index is 1.68. The fourth-order valence-electron chi connectivity index (χ4n) is 5.38. The second kappa shape index (κ2) is 3.85. The maximum absolute atomic E-state index is 2.26. The van der Waals surface area contributed by atoms with Crippen molar-refractivity contribution < 1.29 is 0 Å². The van der Waals surface area contributed by atoms with Gasteiger partial charge in [-0.15, -0.1) is 0 Å². The normalized spacial score (nSPS) is 48.9. The number of allylic oxidation sites excluding steroid dienone is 1. The van der Waals surface area contributed by atoms with E-state index in [-0.39, 0.29) is 0 Å². The Kier molecular flexibility index (Phi) is 2.33. The van der Waals surface area contributed by atoms with Crippen LogP contribution in [-0.4, -0.2) is 10.1 Å². The molecule has 1 aliphatic heterocycles. The molecule has 1 atom stereocenters. The van der Waals surface area contributed by atoms with E-state index in [1.807, 2.05) is 16.0 Å². The summed E-state index contributed by atoms with van der Waals surface area (Å²) < 4.78 is 0. The number of hydrogen-bond acceptors (Lipinski definition) is 1. The molecule has 7 aliphatic rings. The topological polar surface area (TPSA) is 0 Å². The summed E-state index contributed by atoms with van der Waals surface area (Å²) in [6, 6.07) is 0. The van der Waals surface area contributed by atoms with E-state index in [1.54, 1.807) is 0 Å². The summed E-state index contributed by atoms with van der Waals surface area (Å²) in [4.78, 5) is 1.86. The van der Waals surface area contributed by atoms with Crippen LogP contribution < -0.4 is 0 Å². The van der Waals surface area contributed by atoms with Gasteiger partial charge in [-0.2, -0.15) is 0 Å². The highest BCUT2D eigenvalue weighted by atomic mass is 33.1. The van der Waals surface area contributed by atoms with E-state index in [2.05, 4.69) is 21.2 Å². The highest BCUT2D eigenvalue weighted by Crippen LogP contribution is 2.57. The van der Waals surface area contributed by atoms with Gasteiger partial charge in [0.15, 0.2) is 10.8 Å². The lowest BCUT2D eigenvalue weighted by Gasteiger charge is -2.47. The van der Waals surface area contributed by atoms with E-state index in [0.717, 1.165) is 28.9 Å². The van der Waals surface area contributed by atoms with Crippen LogP contribution in [0.5, 0.6) is 0 Å². The number of rotatable bonds is 0. The Morgan fingerprint density at radius 1 is 0.778 bits per heavy atom. The molecule has 6 aliphatic carbocycles. The number of fused-ring (bicyclic) bond motifs is 4. The van der Waals surface area contributed by atoms with Gasteiger partial charge in [-0.25, -0.2) is 0 Å². The Bertz CT molecular complexity index is 446. The zero-order valence-corrected chi connectivity index (χ0v) is 12.5. The Hall–Kier alpha value is 0.180. The summed E-state index contributed by atoms with van der Waals surface area (Å²) in [6.45, 7) is 0. The fourth-order valence-corrected chi connectivity index (χ4v) is 9.27. The average molecular weight is 277 g/mol. The molecule has 0 nitrogen and oxygen atoms in total. The van der Waals surface area contributed by atoms with Crippen molar-refractivity contribution in [1.29, 1.82) is 0 Å². The van der Waals surface area contributed by atoms with E-state index < -0.39 is 0 Å². The molecule has 1 heterocycles. The molecule has 0 aromatic heterocycles. The van der Waals surface area contributed by atoms with Crippen molar-refractivity contribution in [3.05, 3.63) is 11.1 Å². The molecule has 18 heavy (non-hydrogen) atoms. The molecular weight excluding hydrogens is 256 g/mol. The van der Waals surface area contributed by atoms with Crippen LogP contribution >= 0.6 is 10.8 Å². The van der Waals surface area contributed by atoms with Gasteiger partial charge in [0.25, 0.3) is 10.4 Å². The van der Waals surface area contributed by atoms with Gasteiger partial charge in [0, 0.05) is 11.5 Å². The molecule has 1 unspecified atom stereocenters. The van der Waals surface area contributed by atoms with Gasteiger partial charge in [0.2, 0.25) is 4.86 Å². The zero-order valence-electron chi connectivity index (χ0n) is 10.9. The average Bonchev–Trinajstić information content (AvgIpc) is 2.49. The fraction of sp³-hybridized carbons (Fsp3) is 0.812. The summed E-state index contributed by atoms with van der Waals surface area (Å²) in [5, 5.41) is 0.931. The summed E-state index contributed by atoms with van der Waals surface area (Å²) in [5.41, 5.74) is 3.94. The van der Waals surface area contributed by atoms with Crippen molar-refractivity contribution in [2.24, 2.45) is 23.7 Å². The van der Waals surface area contributed by atoms with Crippen LogP contribution in [0, 0.1) is 23.7 Å². The Labute approximate surface area is 117 Å².